The van der Waals surface area contributed by atoms with Gasteiger partial charge in [0.1, 0.15) is 0 Å². The summed E-state index contributed by atoms with van der Waals surface area (Å²) < 4.78 is 0. The second-order valence-electron chi connectivity index (χ2n) is 6.01. The Kier molecular flexibility index (Phi) is 4.65. The van der Waals surface area contributed by atoms with Gasteiger partial charge in [0.2, 0.25) is 0 Å². The number of hydrogen-bond donors (Lipinski definition) is 0. The van der Waals surface area contributed by atoms with E-state index in [1.807, 2.05) is 63.4 Å². The number of benzene rings is 1. The van der Waals surface area contributed by atoms with Gasteiger partial charge in [-0.15, -0.1) is 23.1 Å². The first-order valence-corrected chi connectivity index (χ1v) is 9.57. The molecule has 5 heteroatoms. The summed E-state index contributed by atoms with van der Waals surface area (Å²) in [5.41, 5.74) is 3.24. The smallest absolute Gasteiger partial charge is 0.268 e. The molecule has 1 aliphatic heterocycles. The molecule has 0 bridgehead atoms. The van der Waals surface area contributed by atoms with Crippen molar-refractivity contribution < 1.29 is 9.59 Å². The van der Waals surface area contributed by atoms with Crippen LogP contribution in [0.25, 0.3) is 5.57 Å². The lowest BCUT2D eigenvalue weighted by Gasteiger charge is -2.19. The molecule has 0 saturated heterocycles. The lowest BCUT2D eigenvalue weighted by atomic mass is 10.1. The zero-order chi connectivity index (χ0) is 17.4. The average Bonchev–Trinajstić information content (AvgIpc) is 3.11. The number of carbonyl (C=O) groups is 2. The Hall–Kier alpha value is -1.85. The lowest BCUT2D eigenvalue weighted by molar-refractivity contribution is -0.119. The number of carbonyl (C=O) groups excluding carboxylic acids is 2. The molecule has 0 aliphatic carbocycles. The van der Waals surface area contributed by atoms with Crippen molar-refractivity contribution in [2.75, 3.05) is 4.90 Å². The van der Waals surface area contributed by atoms with Gasteiger partial charge in [-0.25, -0.2) is 4.90 Å². The Morgan fingerprint density at radius 1 is 1.04 bits per heavy atom. The van der Waals surface area contributed by atoms with Crippen molar-refractivity contribution in [1.29, 1.82) is 0 Å². The minimum Gasteiger partial charge on any atom is -0.268 e. The van der Waals surface area contributed by atoms with Crippen molar-refractivity contribution in [3.05, 3.63) is 56.6 Å². The molecule has 0 spiro atoms. The molecule has 0 radical (unpaired) electrons. The molecule has 0 atom stereocenters. The largest absolute Gasteiger partial charge is 0.272 e. The Labute approximate surface area is 150 Å². The summed E-state index contributed by atoms with van der Waals surface area (Å²) in [6.07, 6.45) is 0. The molecule has 0 unspecified atom stereocenters. The molecular weight excluding hydrogens is 338 g/mol. The Bertz CT molecular complexity index is 835. The molecule has 3 rings (SSSR count). The SMILES string of the molecule is Cc1cccc(N2C(=O)C(SC(C)C)=C(c3cccs3)C2=O)c1C. The maximum Gasteiger partial charge on any atom is 0.272 e. The van der Waals surface area contributed by atoms with Crippen LogP contribution in [-0.2, 0) is 9.59 Å². The summed E-state index contributed by atoms with van der Waals surface area (Å²) in [6, 6.07) is 9.52. The maximum absolute atomic E-state index is 13.1. The third-order valence-corrected chi connectivity index (χ3v) is 5.95. The normalized spacial score (nSPS) is 15.1. The Morgan fingerprint density at radius 2 is 1.79 bits per heavy atom. The van der Waals surface area contributed by atoms with E-state index in [1.54, 1.807) is 0 Å². The van der Waals surface area contributed by atoms with Crippen LogP contribution in [0.5, 0.6) is 0 Å². The predicted molar refractivity (Wildman–Crippen MR) is 102 cm³/mol. The van der Waals surface area contributed by atoms with Gasteiger partial charge < -0.3 is 0 Å². The molecule has 2 aromatic rings. The van der Waals surface area contributed by atoms with Crippen LogP contribution >= 0.6 is 23.1 Å². The van der Waals surface area contributed by atoms with Gasteiger partial charge in [0.15, 0.2) is 0 Å². The summed E-state index contributed by atoms with van der Waals surface area (Å²) >= 11 is 2.95. The van der Waals surface area contributed by atoms with Crippen molar-refractivity contribution >= 4 is 46.2 Å². The molecule has 1 aliphatic rings. The first-order valence-electron chi connectivity index (χ1n) is 7.81. The van der Waals surface area contributed by atoms with Crippen LogP contribution in [0.3, 0.4) is 0 Å². The number of imide groups is 1. The molecule has 2 amide bonds. The number of aryl methyl sites for hydroxylation is 1. The van der Waals surface area contributed by atoms with Crippen molar-refractivity contribution in [3.8, 4) is 0 Å². The fourth-order valence-corrected chi connectivity index (χ4v) is 4.50. The van der Waals surface area contributed by atoms with Crippen LogP contribution in [0, 0.1) is 13.8 Å². The number of anilines is 1. The Morgan fingerprint density at radius 3 is 2.42 bits per heavy atom. The highest BCUT2D eigenvalue weighted by atomic mass is 32.2. The van der Waals surface area contributed by atoms with E-state index in [0.717, 1.165) is 16.0 Å². The summed E-state index contributed by atoms with van der Waals surface area (Å²) in [6.45, 7) is 7.99. The van der Waals surface area contributed by atoms with Crippen molar-refractivity contribution in [1.82, 2.24) is 0 Å². The maximum atomic E-state index is 13.1. The van der Waals surface area contributed by atoms with Gasteiger partial charge in [0, 0.05) is 10.1 Å². The summed E-state index contributed by atoms with van der Waals surface area (Å²) in [5, 5.41) is 2.16. The minimum atomic E-state index is -0.223. The van der Waals surface area contributed by atoms with Gasteiger partial charge in [-0.2, -0.15) is 0 Å². The monoisotopic (exact) mass is 357 g/mol. The van der Waals surface area contributed by atoms with Gasteiger partial charge in [-0.05, 0) is 42.5 Å². The minimum absolute atomic E-state index is 0.212. The standard InChI is InChI=1S/C19H19NO2S2/c1-11(2)24-17-16(15-9-6-10-23-15)18(21)20(19(17)22)14-8-5-7-12(3)13(14)4/h5-11H,1-4H3. The van der Waals surface area contributed by atoms with Crippen LogP contribution in [0.4, 0.5) is 5.69 Å². The third kappa shape index (κ3) is 2.82. The fourth-order valence-electron chi connectivity index (χ4n) is 2.69. The summed E-state index contributed by atoms with van der Waals surface area (Å²) in [4.78, 5) is 28.9. The van der Waals surface area contributed by atoms with E-state index < -0.39 is 0 Å². The van der Waals surface area contributed by atoms with E-state index in [9.17, 15) is 9.59 Å². The van der Waals surface area contributed by atoms with Crippen LogP contribution in [-0.4, -0.2) is 17.1 Å². The molecular formula is C19H19NO2S2. The topological polar surface area (TPSA) is 37.4 Å². The average molecular weight is 358 g/mol. The van der Waals surface area contributed by atoms with Crippen molar-refractivity contribution in [2.24, 2.45) is 0 Å². The summed E-state index contributed by atoms with van der Waals surface area (Å²) in [5.74, 6) is -0.435. The van der Waals surface area contributed by atoms with E-state index in [2.05, 4.69) is 0 Å². The molecule has 124 valence electrons. The molecule has 1 aromatic heterocycles. The zero-order valence-electron chi connectivity index (χ0n) is 14.1. The number of thiophene rings is 1. The fraction of sp³-hybridized carbons (Fsp3) is 0.263. The van der Waals surface area contributed by atoms with E-state index >= 15 is 0 Å². The highest BCUT2D eigenvalue weighted by Crippen LogP contribution is 2.41. The van der Waals surface area contributed by atoms with E-state index in [0.29, 0.717) is 16.2 Å². The number of rotatable bonds is 4. The summed E-state index contributed by atoms with van der Waals surface area (Å²) in [7, 11) is 0. The van der Waals surface area contributed by atoms with E-state index in [4.69, 9.17) is 0 Å². The van der Waals surface area contributed by atoms with Crippen molar-refractivity contribution in [2.45, 2.75) is 32.9 Å². The number of amides is 2. The second kappa shape index (κ2) is 6.57. The molecule has 24 heavy (non-hydrogen) atoms. The second-order valence-corrected chi connectivity index (χ2v) is 8.55. The number of thioether (sulfide) groups is 1. The number of nitrogens with zero attached hydrogens (tertiary/aromatic N) is 1. The lowest BCUT2D eigenvalue weighted by Crippen LogP contribution is -2.32. The quantitative estimate of drug-likeness (QED) is 0.738. The first-order chi connectivity index (χ1) is 11.4. The predicted octanol–water partition coefficient (Wildman–Crippen LogP) is 4.79. The molecule has 0 N–H and O–H groups in total. The van der Waals surface area contributed by atoms with Gasteiger partial charge in [-0.3, -0.25) is 9.59 Å². The van der Waals surface area contributed by atoms with Crippen molar-refractivity contribution in [3.63, 3.8) is 0 Å². The molecule has 0 fully saturated rings. The van der Waals surface area contributed by atoms with Gasteiger partial charge in [0.25, 0.3) is 11.8 Å². The van der Waals surface area contributed by atoms with E-state index in [-0.39, 0.29) is 17.1 Å². The molecule has 0 saturated carbocycles. The van der Waals surface area contributed by atoms with Crippen LogP contribution in [0.1, 0.15) is 29.9 Å². The molecule has 3 nitrogen and oxygen atoms in total. The highest BCUT2D eigenvalue weighted by Gasteiger charge is 2.41. The van der Waals surface area contributed by atoms with Gasteiger partial charge in [0.05, 0.1) is 16.2 Å². The van der Waals surface area contributed by atoms with Crippen LogP contribution in [0.15, 0.2) is 40.6 Å². The first kappa shape index (κ1) is 17.0. The number of hydrogen-bond acceptors (Lipinski definition) is 4. The van der Waals surface area contributed by atoms with Gasteiger partial charge >= 0.3 is 0 Å². The highest BCUT2D eigenvalue weighted by molar-refractivity contribution is 8.04. The van der Waals surface area contributed by atoms with Gasteiger partial charge in [-0.1, -0.05) is 32.0 Å². The third-order valence-electron chi connectivity index (χ3n) is 3.98. The molecule has 1 aromatic carbocycles. The Balaban J connectivity index is 2.13. The van der Waals surface area contributed by atoms with Crippen LogP contribution in [0.2, 0.25) is 0 Å². The van der Waals surface area contributed by atoms with Crippen LogP contribution < -0.4 is 4.90 Å². The van der Waals surface area contributed by atoms with E-state index in [1.165, 1.54) is 28.0 Å². The zero-order valence-corrected chi connectivity index (χ0v) is 15.8. The molecule has 2 heterocycles.